The first-order valence-electron chi connectivity index (χ1n) is 20.0. The summed E-state index contributed by atoms with van der Waals surface area (Å²) in [5.74, 6) is -1.71. The van der Waals surface area contributed by atoms with E-state index in [2.05, 4.69) is 20.6 Å². The maximum absolute atomic E-state index is 14.6. The first-order chi connectivity index (χ1) is 28.6. The number of ether oxygens (including phenoxy) is 1. The summed E-state index contributed by atoms with van der Waals surface area (Å²) in [5, 5.41) is 14.5. The largest absolute Gasteiger partial charge is 0.462 e. The van der Waals surface area contributed by atoms with Gasteiger partial charge in [0.15, 0.2) is 5.69 Å². The van der Waals surface area contributed by atoms with Crippen molar-refractivity contribution in [2.75, 3.05) is 27.2 Å². The van der Waals surface area contributed by atoms with E-state index in [9.17, 15) is 28.5 Å². The Bertz CT molecular complexity index is 2490. The third-order valence-corrected chi connectivity index (χ3v) is 13.9. The molecule has 5 atom stereocenters. The Labute approximate surface area is 352 Å². The zero-order chi connectivity index (χ0) is 42.9. The molecule has 7 rings (SSSR count). The summed E-state index contributed by atoms with van der Waals surface area (Å²) in [6, 6.07) is 18.4. The van der Waals surface area contributed by atoms with Crippen LogP contribution in [0.25, 0.3) is 21.0 Å². The fourth-order valence-corrected chi connectivity index (χ4v) is 10.8. The molecule has 0 aliphatic carbocycles. The van der Waals surface area contributed by atoms with Crippen LogP contribution in [0.2, 0.25) is 0 Å². The van der Waals surface area contributed by atoms with Crippen LogP contribution in [-0.4, -0.2) is 112 Å². The average Bonchev–Trinajstić information content (AvgIpc) is 3.94. The van der Waals surface area contributed by atoms with Crippen LogP contribution in [-0.2, 0) is 29.8 Å². The summed E-state index contributed by atoms with van der Waals surface area (Å²) in [7, 11) is -0.446. The molecule has 2 aromatic heterocycles. The zero-order valence-electron chi connectivity index (χ0n) is 34.5. The number of aromatic nitrogens is 2. The van der Waals surface area contributed by atoms with Gasteiger partial charge >= 0.3 is 13.5 Å². The second kappa shape index (κ2) is 17.6. The van der Waals surface area contributed by atoms with E-state index in [0.29, 0.717) is 58.3 Å². The van der Waals surface area contributed by atoms with Gasteiger partial charge in [-0.3, -0.25) is 33.6 Å². The fraction of sp³-hybridized carbons (Fsp3) is 0.395. The molecule has 316 valence electrons. The Morgan fingerprint density at radius 1 is 1.00 bits per heavy atom. The molecule has 15 nitrogen and oxygen atoms in total. The number of aryl methyl sites for hydroxylation is 1. The summed E-state index contributed by atoms with van der Waals surface area (Å²) >= 11 is 1.22. The molecule has 0 bridgehead atoms. The third-order valence-electron chi connectivity index (χ3n) is 10.7. The molecule has 2 aliphatic heterocycles. The molecule has 60 heavy (non-hydrogen) atoms. The summed E-state index contributed by atoms with van der Waals surface area (Å²) in [5.41, 5.74) is 2.53. The van der Waals surface area contributed by atoms with Crippen molar-refractivity contribution in [3.8, 4) is 5.75 Å². The van der Waals surface area contributed by atoms with Crippen molar-refractivity contribution in [1.29, 1.82) is 0 Å². The minimum absolute atomic E-state index is 0.0797. The number of carbonyl (C=O) groups is 5. The Morgan fingerprint density at radius 3 is 2.50 bits per heavy atom. The highest BCUT2D eigenvalue weighted by Gasteiger charge is 2.46. The number of benzene rings is 3. The van der Waals surface area contributed by atoms with Gasteiger partial charge in [-0.25, -0.2) is 5.09 Å². The van der Waals surface area contributed by atoms with E-state index in [1.807, 2.05) is 43.3 Å². The fourth-order valence-electron chi connectivity index (χ4n) is 7.86. The normalized spacial score (nSPS) is 19.6. The second-order valence-electron chi connectivity index (χ2n) is 16.0. The van der Waals surface area contributed by atoms with Gasteiger partial charge in [-0.05, 0) is 100 Å². The number of rotatable bonds is 12. The highest BCUT2D eigenvalue weighted by molar-refractivity contribution is 7.56. The molecule has 0 saturated carbocycles. The number of thiophene rings is 1. The maximum atomic E-state index is 14.6. The third kappa shape index (κ3) is 9.25. The molecule has 5 aromatic rings. The van der Waals surface area contributed by atoms with Crippen molar-refractivity contribution in [3.05, 3.63) is 94.5 Å². The number of hydrogen-bond acceptors (Lipinski definition) is 10. The molecule has 4 heterocycles. The van der Waals surface area contributed by atoms with Crippen LogP contribution in [0.5, 0.6) is 5.75 Å². The van der Waals surface area contributed by atoms with Crippen LogP contribution in [0.15, 0.2) is 72.8 Å². The van der Waals surface area contributed by atoms with E-state index in [0.717, 1.165) is 10.3 Å². The van der Waals surface area contributed by atoms with Gasteiger partial charge in [-0.15, -0.1) is 11.3 Å². The number of nitrogens with one attached hydrogen (secondary N) is 3. The predicted octanol–water partition coefficient (Wildman–Crippen LogP) is 5.88. The second-order valence-corrected chi connectivity index (χ2v) is 19.2. The molecular formula is C43H50N7O8PS. The lowest BCUT2D eigenvalue weighted by atomic mass is 10.1. The molecular weight excluding hydrogens is 806 g/mol. The summed E-state index contributed by atoms with van der Waals surface area (Å²) in [6.45, 7) is 7.13. The first kappa shape index (κ1) is 42.6. The summed E-state index contributed by atoms with van der Waals surface area (Å²) in [6.07, 6.45) is 1.09. The van der Waals surface area contributed by atoms with Gasteiger partial charge in [0, 0.05) is 36.8 Å². The molecule has 1 unspecified atom stereocenters. The molecule has 0 radical (unpaired) electrons. The zero-order valence-corrected chi connectivity index (χ0v) is 36.2. The van der Waals surface area contributed by atoms with Crippen molar-refractivity contribution in [2.45, 2.75) is 83.4 Å². The maximum Gasteiger partial charge on any atom is 0.323 e. The molecule has 4 amide bonds. The Morgan fingerprint density at radius 2 is 1.77 bits per heavy atom. The van der Waals surface area contributed by atoms with Gasteiger partial charge < -0.3 is 29.3 Å². The van der Waals surface area contributed by atoms with Crippen molar-refractivity contribution in [1.82, 2.24) is 35.3 Å². The van der Waals surface area contributed by atoms with Crippen LogP contribution < -0.4 is 14.9 Å². The van der Waals surface area contributed by atoms with E-state index in [1.54, 1.807) is 81.1 Å². The Hall–Kier alpha value is -5.57. The van der Waals surface area contributed by atoms with Crippen molar-refractivity contribution in [2.24, 2.45) is 0 Å². The van der Waals surface area contributed by atoms with Gasteiger partial charge in [-0.1, -0.05) is 35.9 Å². The smallest absolute Gasteiger partial charge is 0.323 e. The number of carbonyl (C=O) groups excluding carboxylic acids is 5. The SMILES string of the molecule is Cc1ccc2[nH]nc(C(=O)N3CC[C@H]4CC[C@@H](C(=O)N(C)C)N4C(=O)[C@@H](NC(=O)c4cc5cc(CP(=O)(N[C@@H](C)C(=O)OC(C)C)Oc6ccccc6)ccc5s4)C3)c2c1. The van der Waals surface area contributed by atoms with E-state index in [4.69, 9.17) is 9.26 Å². The van der Waals surface area contributed by atoms with Crippen LogP contribution in [0.1, 0.15) is 71.3 Å². The van der Waals surface area contributed by atoms with E-state index < -0.39 is 43.4 Å². The molecule has 17 heteroatoms. The molecule has 2 aliphatic rings. The van der Waals surface area contributed by atoms with E-state index in [1.165, 1.54) is 16.2 Å². The number of esters is 1. The highest BCUT2D eigenvalue weighted by atomic mass is 32.1. The number of nitrogens with zero attached hydrogens (tertiary/aromatic N) is 4. The number of fused-ring (bicyclic) bond motifs is 3. The standard InChI is InChI=1S/C43H50N7O8PS/c1-25(2)57-43(55)27(4)47-59(56,58-31-10-8-7-9-11-31)24-28-13-17-36-29(21-28)22-37(60-36)39(51)44-34-23-49(42(54)38-32-20-26(3)12-15-33(32)45-46-38)19-18-30-14-16-35(41(53)48(5)6)50(30)40(34)52/h7-13,15,17,20-22,25,27,30,34-35H,14,16,18-19,23-24H2,1-6H3,(H,44,51)(H,45,46)(H,47,56)/t27-,30+,34-,35-,59?/m0/s1. The molecule has 2 saturated heterocycles. The Balaban J connectivity index is 1.15. The van der Waals surface area contributed by atoms with Crippen LogP contribution in [0.3, 0.4) is 0 Å². The topological polar surface area (TPSA) is 183 Å². The number of H-pyrrole nitrogens is 1. The molecule has 2 fully saturated rings. The lowest BCUT2D eigenvalue weighted by molar-refractivity contribution is -0.149. The number of amides is 4. The van der Waals surface area contributed by atoms with E-state index >= 15 is 0 Å². The minimum Gasteiger partial charge on any atom is -0.462 e. The van der Waals surface area contributed by atoms with E-state index in [-0.39, 0.29) is 42.4 Å². The van der Waals surface area contributed by atoms with Crippen molar-refractivity contribution < 1.29 is 37.8 Å². The van der Waals surface area contributed by atoms with Gasteiger partial charge in [0.05, 0.1) is 29.2 Å². The summed E-state index contributed by atoms with van der Waals surface area (Å²) < 4.78 is 26.5. The van der Waals surface area contributed by atoms with Crippen LogP contribution in [0.4, 0.5) is 0 Å². The number of hydrogen-bond donors (Lipinski definition) is 3. The number of para-hydroxylation sites is 1. The van der Waals surface area contributed by atoms with Gasteiger partial charge in [0.2, 0.25) is 11.8 Å². The van der Waals surface area contributed by atoms with Crippen LogP contribution in [0, 0.1) is 6.92 Å². The first-order valence-corrected chi connectivity index (χ1v) is 22.6. The molecule has 3 N–H and O–H groups in total. The lowest BCUT2D eigenvalue weighted by Gasteiger charge is -2.39. The van der Waals surface area contributed by atoms with Crippen LogP contribution >= 0.6 is 18.9 Å². The van der Waals surface area contributed by atoms with Gasteiger partial charge in [0.1, 0.15) is 23.9 Å². The van der Waals surface area contributed by atoms with Gasteiger partial charge in [0.25, 0.3) is 11.8 Å². The molecule has 3 aromatic carbocycles. The van der Waals surface area contributed by atoms with Crippen molar-refractivity contribution in [3.63, 3.8) is 0 Å². The van der Waals surface area contributed by atoms with Gasteiger partial charge in [-0.2, -0.15) is 5.10 Å². The number of likely N-dealkylation sites (N-methyl/N-ethyl adjacent to an activating group) is 1. The highest BCUT2D eigenvalue weighted by Crippen LogP contribution is 2.47. The van der Waals surface area contributed by atoms with Crippen molar-refractivity contribution >= 4 is 69.4 Å². The predicted molar refractivity (Wildman–Crippen MR) is 229 cm³/mol. The number of aromatic amines is 1. The average molecular weight is 856 g/mol. The minimum atomic E-state index is -3.76. The monoisotopic (exact) mass is 855 g/mol. The quantitative estimate of drug-likeness (QED) is 0.101. The molecule has 0 spiro atoms. The summed E-state index contributed by atoms with van der Waals surface area (Å²) in [4.78, 5) is 73.9. The Kier molecular flexibility index (Phi) is 12.5. The lowest BCUT2D eigenvalue weighted by Crippen LogP contribution is -2.61.